The third-order valence-electron chi connectivity index (χ3n) is 1.79. The lowest BCUT2D eigenvalue weighted by Gasteiger charge is -2.06. The lowest BCUT2D eigenvalue weighted by molar-refractivity contribution is 0.0694. The van der Waals surface area contributed by atoms with Crippen molar-refractivity contribution in [3.8, 4) is 0 Å². The maximum Gasteiger partial charge on any atom is 0.336 e. The van der Waals surface area contributed by atoms with Gasteiger partial charge >= 0.3 is 5.97 Å². The van der Waals surface area contributed by atoms with E-state index in [9.17, 15) is 13.6 Å². The lowest BCUT2D eigenvalue weighted by Crippen LogP contribution is -2.03. The van der Waals surface area contributed by atoms with E-state index in [1.54, 1.807) is 0 Å². The molecule has 0 aliphatic heterocycles. The maximum absolute atomic E-state index is 12.4. The molecule has 0 amide bonds. The van der Waals surface area contributed by atoms with Gasteiger partial charge < -0.3 is 5.11 Å². The summed E-state index contributed by atoms with van der Waals surface area (Å²) in [5.74, 6) is -1.25. The molecule has 0 spiro atoms. The first kappa shape index (κ1) is 11.1. The second-order valence-electron chi connectivity index (χ2n) is 2.67. The van der Waals surface area contributed by atoms with Crippen LogP contribution < -0.4 is 0 Å². The highest BCUT2D eigenvalue weighted by molar-refractivity contribution is 9.10. The summed E-state index contributed by atoms with van der Waals surface area (Å²) in [4.78, 5) is 10.7. The molecule has 76 valence electrons. The van der Waals surface area contributed by atoms with Crippen LogP contribution in [-0.4, -0.2) is 11.1 Å². The smallest absolute Gasteiger partial charge is 0.336 e. The number of hydrogen-bond acceptors (Lipinski definition) is 1. The van der Waals surface area contributed by atoms with E-state index in [1.165, 1.54) is 6.07 Å². The summed E-state index contributed by atoms with van der Waals surface area (Å²) in [6.45, 7) is -1.67. The topological polar surface area (TPSA) is 37.3 Å². The highest BCUT2D eigenvalue weighted by Crippen LogP contribution is 2.23. The minimum absolute atomic E-state index is 0.0431. The molecule has 0 saturated heterocycles. The summed E-state index contributed by atoms with van der Waals surface area (Å²) < 4.78 is 25.1. The largest absolute Gasteiger partial charge is 0.478 e. The van der Waals surface area contributed by atoms with Crippen LogP contribution >= 0.6 is 15.9 Å². The molecule has 2 nitrogen and oxygen atoms in total. The van der Waals surface area contributed by atoms with Gasteiger partial charge in [-0.2, -0.15) is 0 Å². The Bertz CT molecular complexity index is 366. The van der Waals surface area contributed by atoms with Crippen LogP contribution in [0.15, 0.2) is 16.6 Å². The van der Waals surface area contributed by atoms with Gasteiger partial charge in [-0.25, -0.2) is 13.6 Å². The predicted molar refractivity (Wildman–Crippen MR) is 50.7 cm³/mol. The number of rotatable bonds is 3. The first-order valence-corrected chi connectivity index (χ1v) is 4.56. The Morgan fingerprint density at radius 2 is 1.86 bits per heavy atom. The summed E-state index contributed by atoms with van der Waals surface area (Å²) in [6, 6.07) is 2.43. The quantitative estimate of drug-likeness (QED) is 0.911. The summed E-state index contributed by atoms with van der Waals surface area (Å²) >= 11 is 3.03. The minimum Gasteiger partial charge on any atom is -0.478 e. The average molecular weight is 265 g/mol. The van der Waals surface area contributed by atoms with Crippen molar-refractivity contribution in [3.63, 3.8) is 0 Å². The van der Waals surface area contributed by atoms with E-state index in [-0.39, 0.29) is 16.7 Å². The Balaban J connectivity index is 3.32. The van der Waals surface area contributed by atoms with Crippen LogP contribution in [0.5, 0.6) is 0 Å². The van der Waals surface area contributed by atoms with Crippen LogP contribution in [0.3, 0.4) is 0 Å². The monoisotopic (exact) mass is 264 g/mol. The van der Waals surface area contributed by atoms with Crippen LogP contribution in [0, 0.1) is 0 Å². The first-order chi connectivity index (χ1) is 6.60. The van der Waals surface area contributed by atoms with Crippen LogP contribution in [0.25, 0.3) is 0 Å². The molecule has 0 saturated carbocycles. The average Bonchev–Trinajstić information content (AvgIpc) is 2.16. The second kappa shape index (κ2) is 4.50. The molecule has 0 aliphatic rings. The SMILES string of the molecule is O=C(O)c1cc(CF)c(Br)cc1CF. The molecule has 1 rings (SSSR count). The van der Waals surface area contributed by atoms with Crippen LogP contribution in [0.4, 0.5) is 8.78 Å². The van der Waals surface area contributed by atoms with Crippen molar-refractivity contribution in [3.05, 3.63) is 33.3 Å². The van der Waals surface area contributed by atoms with Gasteiger partial charge in [0, 0.05) is 4.47 Å². The molecule has 0 unspecified atom stereocenters. The van der Waals surface area contributed by atoms with E-state index in [0.29, 0.717) is 4.47 Å². The zero-order valence-corrected chi connectivity index (χ0v) is 8.64. The van der Waals surface area contributed by atoms with Crippen molar-refractivity contribution in [2.75, 3.05) is 0 Å². The van der Waals surface area contributed by atoms with Gasteiger partial charge in [-0.15, -0.1) is 0 Å². The molecule has 0 fully saturated rings. The van der Waals surface area contributed by atoms with E-state index >= 15 is 0 Å². The fourth-order valence-electron chi connectivity index (χ4n) is 1.07. The third-order valence-corrected chi connectivity index (χ3v) is 2.53. The summed E-state index contributed by atoms with van der Waals surface area (Å²) in [5.41, 5.74) is 0.0597. The Morgan fingerprint density at radius 3 is 2.29 bits per heavy atom. The number of carboxylic acids is 1. The molecular formula is C9H7BrF2O2. The van der Waals surface area contributed by atoms with Gasteiger partial charge in [-0.3, -0.25) is 0 Å². The normalized spacial score (nSPS) is 10.2. The molecule has 0 aliphatic carbocycles. The van der Waals surface area contributed by atoms with E-state index in [2.05, 4.69) is 15.9 Å². The molecule has 1 N–H and O–H groups in total. The van der Waals surface area contributed by atoms with Gasteiger partial charge in [0.05, 0.1) is 5.56 Å². The first-order valence-electron chi connectivity index (χ1n) is 3.76. The number of carboxylic acid groups (broad SMARTS) is 1. The molecule has 0 bridgehead atoms. The number of benzene rings is 1. The second-order valence-corrected chi connectivity index (χ2v) is 3.53. The van der Waals surface area contributed by atoms with Crippen molar-refractivity contribution in [1.29, 1.82) is 0 Å². The van der Waals surface area contributed by atoms with Crippen molar-refractivity contribution >= 4 is 21.9 Å². The number of alkyl halides is 2. The van der Waals surface area contributed by atoms with Crippen molar-refractivity contribution < 1.29 is 18.7 Å². The molecule has 0 radical (unpaired) electrons. The van der Waals surface area contributed by atoms with Gasteiger partial charge in [0.1, 0.15) is 13.3 Å². The zero-order valence-electron chi connectivity index (χ0n) is 7.06. The van der Waals surface area contributed by atoms with Gasteiger partial charge in [0.25, 0.3) is 0 Å². The van der Waals surface area contributed by atoms with E-state index in [1.807, 2.05) is 0 Å². The zero-order chi connectivity index (χ0) is 10.7. The third kappa shape index (κ3) is 2.09. The Kier molecular flexibility index (Phi) is 3.57. The standard InChI is InChI=1S/C9H7BrF2O2/c10-8-2-5(3-11)7(9(13)14)1-6(8)4-12/h1-2H,3-4H2,(H,13,14). The van der Waals surface area contributed by atoms with Crippen molar-refractivity contribution in [2.24, 2.45) is 0 Å². The fourth-order valence-corrected chi connectivity index (χ4v) is 1.57. The van der Waals surface area contributed by atoms with Crippen molar-refractivity contribution in [1.82, 2.24) is 0 Å². The van der Waals surface area contributed by atoms with Crippen LogP contribution in [0.2, 0.25) is 0 Å². The van der Waals surface area contributed by atoms with Crippen LogP contribution in [0.1, 0.15) is 21.5 Å². The molecule has 0 aromatic heterocycles. The highest BCUT2D eigenvalue weighted by Gasteiger charge is 2.13. The Hall–Kier alpha value is -0.970. The molecule has 0 heterocycles. The van der Waals surface area contributed by atoms with E-state index < -0.39 is 19.3 Å². The molecule has 1 aromatic rings. The molecule has 1 aromatic carbocycles. The number of aromatic carboxylic acids is 1. The predicted octanol–water partition coefficient (Wildman–Crippen LogP) is 3.09. The van der Waals surface area contributed by atoms with E-state index in [4.69, 9.17) is 5.11 Å². The summed E-state index contributed by atoms with van der Waals surface area (Å²) in [7, 11) is 0. The van der Waals surface area contributed by atoms with Gasteiger partial charge in [0.2, 0.25) is 0 Å². The number of halogens is 3. The summed E-state index contributed by atoms with van der Waals surface area (Å²) in [5, 5.41) is 8.70. The van der Waals surface area contributed by atoms with E-state index in [0.717, 1.165) is 6.07 Å². The minimum atomic E-state index is -1.25. The Morgan fingerprint density at radius 1 is 1.29 bits per heavy atom. The van der Waals surface area contributed by atoms with Gasteiger partial charge in [-0.05, 0) is 23.3 Å². The van der Waals surface area contributed by atoms with Crippen molar-refractivity contribution in [2.45, 2.75) is 13.3 Å². The maximum atomic E-state index is 12.4. The number of carbonyl (C=O) groups is 1. The molecular weight excluding hydrogens is 258 g/mol. The molecule has 5 heteroatoms. The van der Waals surface area contributed by atoms with Crippen LogP contribution in [-0.2, 0) is 13.3 Å². The Labute approximate surface area is 87.7 Å². The lowest BCUT2D eigenvalue weighted by atomic mass is 10.1. The summed E-state index contributed by atoms with van der Waals surface area (Å²) in [6.07, 6.45) is 0. The molecule has 14 heavy (non-hydrogen) atoms. The fraction of sp³-hybridized carbons (Fsp3) is 0.222. The van der Waals surface area contributed by atoms with Gasteiger partial charge in [-0.1, -0.05) is 15.9 Å². The van der Waals surface area contributed by atoms with Gasteiger partial charge in [0.15, 0.2) is 0 Å². The molecule has 0 atom stereocenters. The number of hydrogen-bond donors (Lipinski definition) is 1. The highest BCUT2D eigenvalue weighted by atomic mass is 79.9.